The number of nitrogen functional groups attached to an aromatic ring is 1. The Morgan fingerprint density at radius 2 is 2.20 bits per heavy atom. The van der Waals surface area contributed by atoms with Gasteiger partial charge in [0.05, 0.1) is 4.92 Å². The van der Waals surface area contributed by atoms with Crippen molar-refractivity contribution in [1.29, 1.82) is 0 Å². The number of nitrogens with two attached hydrogens (primary N) is 1. The van der Waals surface area contributed by atoms with Crippen molar-refractivity contribution in [3.8, 4) is 11.6 Å². The van der Waals surface area contributed by atoms with Gasteiger partial charge in [-0.25, -0.2) is 20.2 Å². The molecule has 104 valence electrons. The topological polar surface area (TPSA) is 116 Å². The standard InChI is InChI=1S/C10H7BrFN5O3/c11-7-9(16-13)14-4-15-10(7)20-8-5(12)2-1-3-6(8)17(18)19/h1-4H,13H2,(H,14,15,16). The van der Waals surface area contributed by atoms with Crippen LogP contribution < -0.4 is 16.0 Å². The minimum absolute atomic E-state index is 0.110. The summed E-state index contributed by atoms with van der Waals surface area (Å²) in [4.78, 5) is 17.6. The van der Waals surface area contributed by atoms with Gasteiger partial charge in [0.25, 0.3) is 0 Å². The summed E-state index contributed by atoms with van der Waals surface area (Å²) in [6, 6.07) is 3.37. The van der Waals surface area contributed by atoms with E-state index in [4.69, 9.17) is 10.6 Å². The van der Waals surface area contributed by atoms with Gasteiger partial charge in [-0.05, 0) is 22.0 Å². The minimum Gasteiger partial charge on any atom is -0.427 e. The Labute approximate surface area is 120 Å². The molecule has 0 aliphatic carbocycles. The van der Waals surface area contributed by atoms with Crippen molar-refractivity contribution >= 4 is 27.4 Å². The van der Waals surface area contributed by atoms with Gasteiger partial charge in [-0.15, -0.1) is 0 Å². The summed E-state index contributed by atoms with van der Waals surface area (Å²) in [6.45, 7) is 0. The van der Waals surface area contributed by atoms with Crippen molar-refractivity contribution in [2.24, 2.45) is 5.84 Å². The molecule has 0 aliphatic rings. The van der Waals surface area contributed by atoms with Crippen LogP contribution in [0.25, 0.3) is 0 Å². The number of anilines is 1. The molecule has 0 atom stereocenters. The molecule has 10 heteroatoms. The smallest absolute Gasteiger partial charge is 0.314 e. The Hall–Kier alpha value is -2.33. The summed E-state index contributed by atoms with van der Waals surface area (Å²) in [5.41, 5.74) is 1.75. The lowest BCUT2D eigenvalue weighted by atomic mass is 10.3. The lowest BCUT2D eigenvalue weighted by molar-refractivity contribution is -0.385. The predicted octanol–water partition coefficient (Wildman–Crippen LogP) is 2.36. The first-order chi connectivity index (χ1) is 9.54. The van der Waals surface area contributed by atoms with Crippen LogP contribution in [0.3, 0.4) is 0 Å². The normalized spacial score (nSPS) is 10.2. The fourth-order valence-electron chi connectivity index (χ4n) is 1.36. The van der Waals surface area contributed by atoms with Crippen LogP contribution in [0, 0.1) is 15.9 Å². The highest BCUT2D eigenvalue weighted by atomic mass is 79.9. The van der Waals surface area contributed by atoms with E-state index in [9.17, 15) is 14.5 Å². The highest BCUT2D eigenvalue weighted by Crippen LogP contribution is 2.37. The molecule has 0 unspecified atom stereocenters. The highest BCUT2D eigenvalue weighted by Gasteiger charge is 2.22. The minimum atomic E-state index is -0.882. The van der Waals surface area contributed by atoms with Gasteiger partial charge in [-0.1, -0.05) is 6.07 Å². The van der Waals surface area contributed by atoms with Crippen LogP contribution in [-0.2, 0) is 0 Å². The van der Waals surface area contributed by atoms with Gasteiger partial charge in [-0.2, -0.15) is 0 Å². The summed E-state index contributed by atoms with van der Waals surface area (Å²) in [7, 11) is 0. The maximum atomic E-state index is 13.7. The second-order valence-electron chi connectivity index (χ2n) is 3.43. The number of nitro benzene ring substituents is 1. The fraction of sp³-hybridized carbons (Fsp3) is 0. The Balaban J connectivity index is 2.48. The lowest BCUT2D eigenvalue weighted by Gasteiger charge is -2.09. The molecule has 2 rings (SSSR count). The molecule has 3 N–H and O–H groups in total. The summed E-state index contributed by atoms with van der Waals surface area (Å²) >= 11 is 3.10. The van der Waals surface area contributed by atoms with Gasteiger partial charge in [-0.3, -0.25) is 10.1 Å². The van der Waals surface area contributed by atoms with Gasteiger partial charge >= 0.3 is 5.69 Å². The number of nitrogens with zero attached hydrogens (tertiary/aromatic N) is 3. The molecule has 0 saturated heterocycles. The summed E-state index contributed by atoms with van der Waals surface area (Å²) < 4.78 is 19.1. The molecule has 2 aromatic rings. The van der Waals surface area contributed by atoms with Crippen LogP contribution >= 0.6 is 15.9 Å². The summed E-state index contributed by atoms with van der Waals surface area (Å²) in [5, 5.41) is 10.9. The maximum absolute atomic E-state index is 13.7. The van der Waals surface area contributed by atoms with Crippen molar-refractivity contribution in [2.75, 3.05) is 5.43 Å². The number of para-hydroxylation sites is 1. The zero-order chi connectivity index (χ0) is 14.7. The van der Waals surface area contributed by atoms with Crippen molar-refractivity contribution in [2.45, 2.75) is 0 Å². The van der Waals surface area contributed by atoms with Gasteiger partial charge < -0.3 is 10.2 Å². The van der Waals surface area contributed by atoms with Crippen LogP contribution in [0.15, 0.2) is 29.0 Å². The van der Waals surface area contributed by atoms with Gasteiger partial charge in [0.2, 0.25) is 11.6 Å². The molecule has 0 aliphatic heterocycles. The average molecular weight is 344 g/mol. The quantitative estimate of drug-likeness (QED) is 0.497. The van der Waals surface area contributed by atoms with E-state index in [2.05, 4.69) is 31.3 Å². The molecule has 20 heavy (non-hydrogen) atoms. The van der Waals surface area contributed by atoms with E-state index in [1.807, 2.05) is 0 Å². The van der Waals surface area contributed by atoms with Crippen LogP contribution in [0.2, 0.25) is 0 Å². The fourth-order valence-corrected chi connectivity index (χ4v) is 1.76. The number of hydrogen-bond donors (Lipinski definition) is 2. The third kappa shape index (κ3) is 2.65. The molecular formula is C10H7BrFN5O3. The van der Waals surface area contributed by atoms with E-state index in [1.165, 1.54) is 6.07 Å². The van der Waals surface area contributed by atoms with Crippen LogP contribution in [0.5, 0.6) is 11.6 Å². The number of hydrazine groups is 1. The van der Waals surface area contributed by atoms with Crippen molar-refractivity contribution in [3.63, 3.8) is 0 Å². The number of hydrogen-bond acceptors (Lipinski definition) is 7. The average Bonchev–Trinajstić information content (AvgIpc) is 2.42. The van der Waals surface area contributed by atoms with E-state index in [1.54, 1.807) is 0 Å². The SMILES string of the molecule is NNc1ncnc(Oc2c(F)cccc2[N+](=O)[O-])c1Br. The summed E-state index contributed by atoms with van der Waals surface area (Å²) in [6.07, 6.45) is 1.11. The number of nitro groups is 1. The van der Waals surface area contributed by atoms with E-state index in [0.717, 1.165) is 18.5 Å². The number of halogens is 2. The number of ether oxygens (including phenoxy) is 1. The molecule has 1 aromatic carbocycles. The van der Waals surface area contributed by atoms with Crippen molar-refractivity contribution in [3.05, 3.63) is 44.9 Å². The molecular weight excluding hydrogens is 337 g/mol. The Morgan fingerprint density at radius 1 is 1.45 bits per heavy atom. The molecule has 1 heterocycles. The molecule has 0 bridgehead atoms. The zero-order valence-electron chi connectivity index (χ0n) is 9.71. The Morgan fingerprint density at radius 3 is 2.85 bits per heavy atom. The maximum Gasteiger partial charge on any atom is 0.314 e. The number of aromatic nitrogens is 2. The van der Waals surface area contributed by atoms with Crippen molar-refractivity contribution in [1.82, 2.24) is 9.97 Å². The molecule has 0 spiro atoms. The molecule has 0 saturated carbocycles. The third-order valence-corrected chi connectivity index (χ3v) is 2.95. The van der Waals surface area contributed by atoms with Gasteiger partial charge in [0.15, 0.2) is 11.6 Å². The third-order valence-electron chi connectivity index (χ3n) is 2.24. The van der Waals surface area contributed by atoms with Gasteiger partial charge in [0, 0.05) is 6.07 Å². The number of benzene rings is 1. The van der Waals surface area contributed by atoms with Crippen molar-refractivity contribution < 1.29 is 14.1 Å². The predicted molar refractivity (Wildman–Crippen MR) is 70.7 cm³/mol. The molecule has 8 nitrogen and oxygen atoms in total. The largest absolute Gasteiger partial charge is 0.427 e. The first kappa shape index (κ1) is 14.1. The van der Waals surface area contributed by atoms with Crippen LogP contribution in [-0.4, -0.2) is 14.9 Å². The molecule has 0 radical (unpaired) electrons. The lowest BCUT2D eigenvalue weighted by Crippen LogP contribution is -2.10. The highest BCUT2D eigenvalue weighted by molar-refractivity contribution is 9.10. The van der Waals surface area contributed by atoms with E-state index in [-0.39, 0.29) is 16.2 Å². The molecule has 0 fully saturated rings. The first-order valence-electron chi connectivity index (χ1n) is 5.12. The second kappa shape index (κ2) is 5.75. The van der Waals surface area contributed by atoms with Crippen LogP contribution in [0.1, 0.15) is 0 Å². The second-order valence-corrected chi connectivity index (χ2v) is 4.23. The monoisotopic (exact) mass is 343 g/mol. The zero-order valence-corrected chi connectivity index (χ0v) is 11.3. The van der Waals surface area contributed by atoms with Crippen LogP contribution in [0.4, 0.5) is 15.9 Å². The first-order valence-corrected chi connectivity index (χ1v) is 5.91. The molecule has 1 aromatic heterocycles. The number of nitrogens with one attached hydrogen (secondary N) is 1. The van der Waals surface area contributed by atoms with E-state index in [0.29, 0.717) is 0 Å². The van der Waals surface area contributed by atoms with Gasteiger partial charge in [0.1, 0.15) is 10.8 Å². The van der Waals surface area contributed by atoms with E-state index >= 15 is 0 Å². The Kier molecular flexibility index (Phi) is 4.05. The number of rotatable bonds is 4. The molecule has 0 amide bonds. The Bertz CT molecular complexity index is 669. The van der Waals surface area contributed by atoms with E-state index < -0.39 is 22.2 Å². The summed E-state index contributed by atoms with van der Waals surface area (Å²) in [5.74, 6) is 3.87.